The van der Waals surface area contributed by atoms with Gasteiger partial charge in [0.05, 0.1) is 0 Å². The van der Waals surface area contributed by atoms with Gasteiger partial charge in [-0.2, -0.15) is 0 Å². The molecule has 4 fully saturated rings. The number of rotatable bonds is 9. The molecule has 2 saturated heterocycles. The topological polar surface area (TPSA) is 165 Å². The van der Waals surface area contributed by atoms with Crippen molar-refractivity contribution in [3.05, 3.63) is 0 Å². The van der Waals surface area contributed by atoms with E-state index < -0.39 is 40.6 Å². The normalized spacial score (nSPS) is 33.1. The third-order valence-electron chi connectivity index (χ3n) is 8.96. The standard InChI is InChI=1S/C24H37N5O5/c1-11(2)20(32)28-16(12-5-6-12)22(34)29-10-15-23(3,4)24(15,17(29)19(26)31)14(18(25)30)9-13-7-8-27-21(13)33/h11-17H,5-10H2,1-4H3,(H2,25,30)(H2,26,31)(H,27,33)(H,28,32)/t13-,14-,15?,16+,17?,24?/m1/s1. The van der Waals surface area contributed by atoms with Crippen LogP contribution in [-0.4, -0.2) is 59.6 Å². The smallest absolute Gasteiger partial charge is 0.246 e. The summed E-state index contributed by atoms with van der Waals surface area (Å²) in [6, 6.07) is -1.75. The number of fused-ring (bicyclic) bond motifs is 1. The zero-order chi connectivity index (χ0) is 25.2. The maximum Gasteiger partial charge on any atom is 0.246 e. The molecule has 2 aliphatic heterocycles. The van der Waals surface area contributed by atoms with Crippen molar-refractivity contribution in [3.63, 3.8) is 0 Å². The van der Waals surface area contributed by atoms with Crippen LogP contribution in [0.25, 0.3) is 0 Å². The molecule has 0 spiro atoms. The first-order chi connectivity index (χ1) is 15.9. The second kappa shape index (κ2) is 8.23. The molecule has 2 saturated carbocycles. The second-order valence-corrected chi connectivity index (χ2v) is 11.4. The fourth-order valence-corrected chi connectivity index (χ4v) is 6.92. The highest BCUT2D eigenvalue weighted by Gasteiger charge is 2.83. The van der Waals surface area contributed by atoms with Gasteiger partial charge in [-0.3, -0.25) is 24.0 Å². The largest absolute Gasteiger partial charge is 0.369 e. The highest BCUT2D eigenvalue weighted by atomic mass is 16.2. The van der Waals surface area contributed by atoms with Gasteiger partial charge in [0.2, 0.25) is 29.5 Å². The first-order valence-electron chi connectivity index (χ1n) is 12.3. The lowest BCUT2D eigenvalue weighted by atomic mass is 9.72. The molecular formula is C24H37N5O5. The van der Waals surface area contributed by atoms with Crippen LogP contribution in [0.3, 0.4) is 0 Å². The Bertz CT molecular complexity index is 929. The van der Waals surface area contributed by atoms with Gasteiger partial charge in [-0.25, -0.2) is 0 Å². The maximum absolute atomic E-state index is 13.7. The van der Waals surface area contributed by atoms with Gasteiger partial charge in [-0.15, -0.1) is 0 Å². The number of carbonyl (C=O) groups excluding carboxylic acids is 5. The lowest BCUT2D eigenvalue weighted by molar-refractivity contribution is -0.146. The van der Waals surface area contributed by atoms with E-state index in [1.54, 1.807) is 13.8 Å². The summed E-state index contributed by atoms with van der Waals surface area (Å²) < 4.78 is 0. The molecule has 4 rings (SSSR count). The lowest BCUT2D eigenvalue weighted by Crippen LogP contribution is -2.59. The molecule has 3 unspecified atom stereocenters. The van der Waals surface area contributed by atoms with Crippen LogP contribution in [0.5, 0.6) is 0 Å². The Morgan fingerprint density at radius 3 is 2.26 bits per heavy atom. The van der Waals surface area contributed by atoms with E-state index in [0.717, 1.165) is 12.8 Å². The van der Waals surface area contributed by atoms with E-state index in [1.165, 1.54) is 4.90 Å². The van der Waals surface area contributed by atoms with Gasteiger partial charge >= 0.3 is 0 Å². The van der Waals surface area contributed by atoms with E-state index in [-0.39, 0.29) is 54.4 Å². The third-order valence-corrected chi connectivity index (χ3v) is 8.96. The fourth-order valence-electron chi connectivity index (χ4n) is 6.92. The minimum absolute atomic E-state index is 0.0266. The Hall–Kier alpha value is -2.65. The van der Waals surface area contributed by atoms with Crippen LogP contribution < -0.4 is 22.1 Å². The van der Waals surface area contributed by atoms with Gasteiger partial charge in [-0.05, 0) is 42.9 Å². The van der Waals surface area contributed by atoms with Crippen molar-refractivity contribution in [2.75, 3.05) is 13.1 Å². The summed E-state index contributed by atoms with van der Waals surface area (Å²) in [6.45, 7) is 8.26. The number of hydrogen-bond donors (Lipinski definition) is 4. The quantitative estimate of drug-likeness (QED) is 0.353. The lowest BCUT2D eigenvalue weighted by Gasteiger charge is -2.39. The molecule has 5 amide bonds. The first kappa shape index (κ1) is 24.5. The molecule has 10 heteroatoms. The van der Waals surface area contributed by atoms with E-state index in [1.807, 2.05) is 13.8 Å². The zero-order valence-electron chi connectivity index (χ0n) is 20.4. The van der Waals surface area contributed by atoms with E-state index in [4.69, 9.17) is 11.5 Å². The molecule has 0 bridgehead atoms. The molecule has 10 nitrogen and oxygen atoms in total. The maximum atomic E-state index is 13.7. The number of hydrogen-bond acceptors (Lipinski definition) is 5. The van der Waals surface area contributed by atoms with Crippen molar-refractivity contribution in [2.45, 2.75) is 65.5 Å². The van der Waals surface area contributed by atoms with Gasteiger partial charge < -0.3 is 27.0 Å². The van der Waals surface area contributed by atoms with E-state index in [9.17, 15) is 24.0 Å². The highest BCUT2D eigenvalue weighted by molar-refractivity contribution is 5.95. The molecule has 2 heterocycles. The summed E-state index contributed by atoms with van der Waals surface area (Å²) in [4.78, 5) is 65.6. The number of piperidine rings is 1. The van der Waals surface area contributed by atoms with Gasteiger partial charge in [0.25, 0.3) is 0 Å². The van der Waals surface area contributed by atoms with Crippen LogP contribution in [0, 0.1) is 40.4 Å². The van der Waals surface area contributed by atoms with Crippen LogP contribution in [0.4, 0.5) is 0 Å². The molecular weight excluding hydrogens is 438 g/mol. The minimum atomic E-state index is -1.03. The van der Waals surface area contributed by atoms with E-state index >= 15 is 0 Å². The van der Waals surface area contributed by atoms with Gasteiger partial charge in [-0.1, -0.05) is 27.7 Å². The monoisotopic (exact) mass is 475 g/mol. The summed E-state index contributed by atoms with van der Waals surface area (Å²) in [5.74, 6) is -3.50. The molecule has 34 heavy (non-hydrogen) atoms. The Kier molecular flexibility index (Phi) is 5.93. The van der Waals surface area contributed by atoms with E-state index in [0.29, 0.717) is 13.0 Å². The van der Waals surface area contributed by atoms with Gasteiger partial charge in [0, 0.05) is 36.3 Å². The van der Waals surface area contributed by atoms with Crippen LogP contribution in [0.15, 0.2) is 0 Å². The van der Waals surface area contributed by atoms with Crippen molar-refractivity contribution >= 4 is 29.5 Å². The predicted molar refractivity (Wildman–Crippen MR) is 122 cm³/mol. The summed E-state index contributed by atoms with van der Waals surface area (Å²) >= 11 is 0. The number of likely N-dealkylation sites (tertiary alicyclic amines) is 1. The predicted octanol–water partition coefficient (Wildman–Crippen LogP) is -0.497. The zero-order valence-corrected chi connectivity index (χ0v) is 20.4. The summed E-state index contributed by atoms with van der Waals surface area (Å²) in [5, 5.41) is 5.65. The number of nitrogens with two attached hydrogens (primary N) is 2. The Morgan fingerprint density at radius 2 is 1.79 bits per heavy atom. The summed E-state index contributed by atoms with van der Waals surface area (Å²) in [5.41, 5.74) is 10.4. The Labute approximate surface area is 199 Å². The first-order valence-corrected chi connectivity index (χ1v) is 12.3. The van der Waals surface area contributed by atoms with Crippen molar-refractivity contribution in [1.29, 1.82) is 0 Å². The molecule has 4 aliphatic rings. The van der Waals surface area contributed by atoms with Crippen molar-refractivity contribution in [3.8, 4) is 0 Å². The average Bonchev–Trinajstić information content (AvgIpc) is 3.54. The summed E-state index contributed by atoms with van der Waals surface area (Å²) in [7, 11) is 0. The molecule has 188 valence electrons. The SMILES string of the molecule is CC(C)C(=O)N[C@H](C(=O)N1CC2C(C)(C)C2([C@H](C[C@H]2CCNC2=O)C(N)=O)C1C(N)=O)C1CC1. The van der Waals surface area contributed by atoms with Crippen LogP contribution in [-0.2, 0) is 24.0 Å². The van der Waals surface area contributed by atoms with Crippen LogP contribution >= 0.6 is 0 Å². The number of carbonyl (C=O) groups is 5. The molecule has 6 N–H and O–H groups in total. The summed E-state index contributed by atoms with van der Waals surface area (Å²) in [6.07, 6.45) is 2.47. The molecule has 0 aromatic heterocycles. The second-order valence-electron chi connectivity index (χ2n) is 11.4. The molecule has 2 aliphatic carbocycles. The number of nitrogens with one attached hydrogen (secondary N) is 2. The number of nitrogens with zero attached hydrogens (tertiary/aromatic N) is 1. The number of primary amides is 2. The van der Waals surface area contributed by atoms with Gasteiger partial charge in [0.1, 0.15) is 12.1 Å². The van der Waals surface area contributed by atoms with Crippen LogP contribution in [0.2, 0.25) is 0 Å². The molecule has 0 radical (unpaired) electrons. The highest BCUT2D eigenvalue weighted by Crippen LogP contribution is 2.78. The average molecular weight is 476 g/mol. The van der Waals surface area contributed by atoms with Crippen LogP contribution in [0.1, 0.15) is 53.4 Å². The minimum Gasteiger partial charge on any atom is -0.369 e. The fraction of sp³-hybridized carbons (Fsp3) is 0.792. The molecule has 0 aromatic carbocycles. The Morgan fingerprint density at radius 1 is 1.15 bits per heavy atom. The van der Waals surface area contributed by atoms with E-state index in [2.05, 4.69) is 10.6 Å². The Balaban J connectivity index is 1.67. The van der Waals surface area contributed by atoms with Crippen molar-refractivity contribution in [1.82, 2.24) is 15.5 Å². The third kappa shape index (κ3) is 3.56. The molecule has 0 aromatic rings. The van der Waals surface area contributed by atoms with Gasteiger partial charge in [0.15, 0.2) is 0 Å². The van der Waals surface area contributed by atoms with Crippen molar-refractivity contribution < 1.29 is 24.0 Å². The number of amides is 5. The molecule has 6 atom stereocenters. The van der Waals surface area contributed by atoms with Crippen molar-refractivity contribution in [2.24, 2.45) is 51.9 Å².